The zero-order chi connectivity index (χ0) is 31.3. The van der Waals surface area contributed by atoms with Crippen molar-refractivity contribution < 1.29 is 35.8 Å². The summed E-state index contributed by atoms with van der Waals surface area (Å²) in [4.78, 5) is 0. The van der Waals surface area contributed by atoms with Gasteiger partial charge in [0.1, 0.15) is 0 Å². The minimum Gasteiger partial charge on any atom is -0.490 e. The molecule has 3 aliphatic rings. The van der Waals surface area contributed by atoms with E-state index < -0.39 is 46.2 Å². The lowest BCUT2D eigenvalue weighted by Crippen LogP contribution is -2.32. The summed E-state index contributed by atoms with van der Waals surface area (Å²) >= 11 is 0. The van der Waals surface area contributed by atoms with Crippen molar-refractivity contribution in [2.75, 3.05) is 13.2 Å². The molecule has 2 aromatic rings. The molecule has 2 saturated carbocycles. The van der Waals surface area contributed by atoms with E-state index in [4.69, 9.17) is 9.47 Å². The highest BCUT2D eigenvalue weighted by molar-refractivity contribution is 5.46. The van der Waals surface area contributed by atoms with Gasteiger partial charge in [-0.2, -0.15) is 8.78 Å². The number of aryl methyl sites for hydroxylation is 1. The van der Waals surface area contributed by atoms with Crippen LogP contribution in [0.5, 0.6) is 11.5 Å². The molecule has 0 aromatic heterocycles. The Morgan fingerprint density at radius 2 is 1.41 bits per heavy atom. The third-order valence-electron chi connectivity index (χ3n) is 9.93. The van der Waals surface area contributed by atoms with Crippen LogP contribution in [0, 0.1) is 41.0 Å². The van der Waals surface area contributed by atoms with Gasteiger partial charge in [-0.15, -0.1) is 0 Å². The van der Waals surface area contributed by atoms with E-state index in [1.165, 1.54) is 38.5 Å². The van der Waals surface area contributed by atoms with Gasteiger partial charge in [0.2, 0.25) is 11.6 Å². The molecule has 2 nitrogen and oxygen atoms in total. The van der Waals surface area contributed by atoms with Gasteiger partial charge in [0.05, 0.1) is 24.7 Å². The second kappa shape index (κ2) is 14.8. The number of alkyl halides is 2. The van der Waals surface area contributed by atoms with E-state index in [9.17, 15) is 8.78 Å². The summed E-state index contributed by atoms with van der Waals surface area (Å²) in [6, 6.07) is 3.36. The molecule has 0 spiro atoms. The summed E-state index contributed by atoms with van der Waals surface area (Å²) in [6.07, 6.45) is 14.9. The van der Waals surface area contributed by atoms with Gasteiger partial charge in [-0.25, -0.2) is 17.6 Å². The number of halogens is 6. The fourth-order valence-corrected chi connectivity index (χ4v) is 6.93. The highest BCUT2D eigenvalue weighted by Gasteiger charge is 2.50. The summed E-state index contributed by atoms with van der Waals surface area (Å²) < 4.78 is 102. The van der Waals surface area contributed by atoms with Crippen LogP contribution in [0.15, 0.2) is 18.2 Å². The van der Waals surface area contributed by atoms with Crippen LogP contribution in [0.1, 0.15) is 126 Å². The molecule has 0 radical (unpaired) electrons. The van der Waals surface area contributed by atoms with Crippen LogP contribution >= 0.6 is 0 Å². The molecule has 44 heavy (non-hydrogen) atoms. The molecule has 2 aromatic carbocycles. The predicted octanol–water partition coefficient (Wildman–Crippen LogP) is 11.2. The lowest BCUT2D eigenvalue weighted by atomic mass is 9.76. The molecule has 0 N–H and O–H groups in total. The number of fused-ring (bicyclic) bond motifs is 1. The largest absolute Gasteiger partial charge is 0.490 e. The Hall–Kier alpha value is -2.38. The average molecular weight is 625 g/mol. The first-order chi connectivity index (χ1) is 21.2. The Kier molecular flexibility index (Phi) is 11.1. The molecule has 0 heterocycles. The Bertz CT molecular complexity index is 1260. The molecule has 244 valence electrons. The molecule has 8 heteroatoms. The summed E-state index contributed by atoms with van der Waals surface area (Å²) in [7, 11) is 0. The van der Waals surface area contributed by atoms with Crippen LogP contribution in [-0.4, -0.2) is 13.2 Å². The lowest BCUT2D eigenvalue weighted by Gasteiger charge is -2.34. The van der Waals surface area contributed by atoms with Gasteiger partial charge in [-0.3, -0.25) is 0 Å². The van der Waals surface area contributed by atoms with Crippen LogP contribution in [0.4, 0.5) is 26.3 Å². The Labute approximate surface area is 257 Å². The summed E-state index contributed by atoms with van der Waals surface area (Å²) in [5.74, 6) is -9.99. The normalized spacial score (nSPS) is 19.9. The zero-order valence-electron chi connectivity index (χ0n) is 25.9. The second-order valence-electron chi connectivity index (χ2n) is 13.2. The SMILES string of the molecule is CCC(CCCCCOc1cc2c(c(F)c1F)C(F)(F)C(c1ccc(OCCCCCCC3CC3)c(F)c1F)CC2)C1CC1. The van der Waals surface area contributed by atoms with Crippen molar-refractivity contribution in [3.63, 3.8) is 0 Å². The van der Waals surface area contributed by atoms with E-state index in [0.29, 0.717) is 12.8 Å². The molecule has 0 saturated heterocycles. The van der Waals surface area contributed by atoms with Gasteiger partial charge in [0.25, 0.3) is 5.92 Å². The molecule has 0 amide bonds. The van der Waals surface area contributed by atoms with Crippen LogP contribution in [0.3, 0.4) is 0 Å². The molecule has 2 fully saturated rings. The lowest BCUT2D eigenvalue weighted by molar-refractivity contribution is -0.0485. The maximum Gasteiger partial charge on any atom is 0.283 e. The van der Waals surface area contributed by atoms with E-state index >= 15 is 17.6 Å². The van der Waals surface area contributed by atoms with Gasteiger partial charge < -0.3 is 9.47 Å². The first kappa shape index (κ1) is 33.0. The smallest absolute Gasteiger partial charge is 0.283 e. The fourth-order valence-electron chi connectivity index (χ4n) is 6.93. The van der Waals surface area contributed by atoms with E-state index in [-0.39, 0.29) is 43.1 Å². The molecular formula is C36H46F6O2. The second-order valence-corrected chi connectivity index (χ2v) is 13.2. The van der Waals surface area contributed by atoms with Crippen LogP contribution < -0.4 is 9.47 Å². The number of ether oxygens (including phenoxy) is 2. The van der Waals surface area contributed by atoms with Crippen LogP contribution in [0.2, 0.25) is 0 Å². The maximum atomic E-state index is 15.7. The number of benzene rings is 2. The van der Waals surface area contributed by atoms with Crippen molar-refractivity contribution in [2.45, 2.75) is 121 Å². The Morgan fingerprint density at radius 1 is 0.750 bits per heavy atom. The number of hydrogen-bond acceptors (Lipinski definition) is 2. The first-order valence-corrected chi connectivity index (χ1v) is 16.8. The van der Waals surface area contributed by atoms with Gasteiger partial charge in [-0.05, 0) is 74.0 Å². The van der Waals surface area contributed by atoms with Crippen LogP contribution in [-0.2, 0) is 12.3 Å². The molecular weight excluding hydrogens is 578 g/mol. The minimum absolute atomic E-state index is 0.0528. The Morgan fingerprint density at radius 3 is 2.09 bits per heavy atom. The molecule has 0 aliphatic heterocycles. The molecule has 5 rings (SSSR count). The number of unbranched alkanes of at least 4 members (excludes halogenated alkanes) is 5. The van der Waals surface area contributed by atoms with Crippen LogP contribution in [0.25, 0.3) is 0 Å². The third kappa shape index (κ3) is 7.88. The molecule has 3 aliphatic carbocycles. The maximum absolute atomic E-state index is 15.7. The molecule has 2 unspecified atom stereocenters. The number of hydrogen-bond donors (Lipinski definition) is 0. The zero-order valence-corrected chi connectivity index (χ0v) is 25.9. The number of rotatable bonds is 18. The summed E-state index contributed by atoms with van der Waals surface area (Å²) in [5.41, 5.74) is -1.75. The summed E-state index contributed by atoms with van der Waals surface area (Å²) in [5, 5.41) is 0. The highest BCUT2D eigenvalue weighted by atomic mass is 19.3. The first-order valence-electron chi connectivity index (χ1n) is 16.8. The van der Waals surface area contributed by atoms with Gasteiger partial charge >= 0.3 is 0 Å². The predicted molar refractivity (Wildman–Crippen MR) is 159 cm³/mol. The van der Waals surface area contributed by atoms with Gasteiger partial charge in [0.15, 0.2) is 23.1 Å². The third-order valence-corrected chi connectivity index (χ3v) is 9.93. The topological polar surface area (TPSA) is 18.5 Å². The van der Waals surface area contributed by atoms with Crippen molar-refractivity contribution in [1.82, 2.24) is 0 Å². The molecule has 2 atom stereocenters. The minimum atomic E-state index is -3.95. The van der Waals surface area contributed by atoms with E-state index in [1.807, 2.05) is 0 Å². The monoisotopic (exact) mass is 624 g/mol. The van der Waals surface area contributed by atoms with Crippen molar-refractivity contribution in [3.05, 3.63) is 58.2 Å². The average Bonchev–Trinajstić information content (AvgIpc) is 3.92. The molecule has 0 bridgehead atoms. The standard InChI is InChI=1S/C36H46F6O2/c1-2-24(25-14-15-25)11-7-5-9-21-44-30-22-26-16-18-28(36(41,42)31(26)35(40)34(30)39)27-17-19-29(33(38)32(27)37)43-20-8-4-3-6-10-23-12-13-23/h17,19,22-25,28H,2-16,18,20-21H2,1H3. The fraction of sp³-hybridized carbons (Fsp3) is 0.667. The Balaban J connectivity index is 1.16. The summed E-state index contributed by atoms with van der Waals surface area (Å²) in [6.45, 7) is 2.57. The van der Waals surface area contributed by atoms with Gasteiger partial charge in [0, 0.05) is 5.56 Å². The highest BCUT2D eigenvalue weighted by Crippen LogP contribution is 2.52. The van der Waals surface area contributed by atoms with E-state index in [2.05, 4.69) is 6.92 Å². The van der Waals surface area contributed by atoms with Crippen molar-refractivity contribution in [3.8, 4) is 11.5 Å². The quantitative estimate of drug-likeness (QED) is 0.121. The van der Waals surface area contributed by atoms with Crippen molar-refractivity contribution in [2.24, 2.45) is 17.8 Å². The van der Waals surface area contributed by atoms with Crippen molar-refractivity contribution in [1.29, 1.82) is 0 Å². The van der Waals surface area contributed by atoms with Gasteiger partial charge in [-0.1, -0.05) is 77.2 Å². The van der Waals surface area contributed by atoms with Crippen molar-refractivity contribution >= 4 is 0 Å². The van der Waals surface area contributed by atoms with E-state index in [0.717, 1.165) is 74.5 Å². The van der Waals surface area contributed by atoms with E-state index in [1.54, 1.807) is 0 Å².